The molecule has 0 fully saturated rings. The van der Waals surface area contributed by atoms with Crippen molar-refractivity contribution in [3.63, 3.8) is 0 Å². The molecule has 0 aliphatic heterocycles. The van der Waals surface area contributed by atoms with Crippen molar-refractivity contribution in [3.8, 4) is 51.3 Å². The Labute approximate surface area is 333 Å². The lowest BCUT2D eigenvalue weighted by Crippen LogP contribution is -2.10. The Bertz CT molecular complexity index is 2900. The molecule has 0 saturated heterocycles. The molecule has 0 aliphatic carbocycles. The number of pyridine rings is 2. The van der Waals surface area contributed by atoms with Gasteiger partial charge in [0.25, 0.3) is 0 Å². The fourth-order valence-electron chi connectivity index (χ4n) is 7.86. The molecule has 0 N–H and O–H groups in total. The number of ether oxygens (including phenoxy) is 1. The van der Waals surface area contributed by atoms with Crippen molar-refractivity contribution in [3.05, 3.63) is 156 Å². The first kappa shape index (κ1) is 36.1. The monoisotopic (exact) mass is 746 g/mol. The molecular formula is C51H46N4O2. The van der Waals surface area contributed by atoms with Crippen LogP contribution in [0.4, 0.5) is 0 Å². The predicted molar refractivity (Wildman–Crippen MR) is 234 cm³/mol. The van der Waals surface area contributed by atoms with Gasteiger partial charge in [0.1, 0.15) is 17.1 Å². The minimum Gasteiger partial charge on any atom is -0.439 e. The van der Waals surface area contributed by atoms with Crippen molar-refractivity contribution >= 4 is 33.0 Å². The van der Waals surface area contributed by atoms with E-state index in [2.05, 4.69) is 144 Å². The van der Waals surface area contributed by atoms with Crippen molar-refractivity contribution in [1.82, 2.24) is 19.5 Å². The zero-order valence-electron chi connectivity index (χ0n) is 33.5. The molecule has 0 amide bonds. The van der Waals surface area contributed by atoms with Crippen LogP contribution in [0.3, 0.4) is 0 Å². The molecule has 5 aromatic carbocycles. The van der Waals surface area contributed by atoms with E-state index < -0.39 is 0 Å². The van der Waals surface area contributed by atoms with Crippen molar-refractivity contribution in [1.29, 1.82) is 0 Å². The lowest BCUT2D eigenvalue weighted by Gasteiger charge is -2.20. The van der Waals surface area contributed by atoms with Crippen LogP contribution >= 0.6 is 0 Å². The normalized spacial score (nSPS) is 12.1. The molecule has 9 rings (SSSR count). The van der Waals surface area contributed by atoms with Gasteiger partial charge in [-0.25, -0.2) is 9.97 Å². The zero-order valence-corrected chi connectivity index (χ0v) is 33.5. The van der Waals surface area contributed by atoms with Crippen LogP contribution in [-0.2, 0) is 5.41 Å². The maximum Gasteiger partial charge on any atom is 0.227 e. The van der Waals surface area contributed by atoms with Crippen molar-refractivity contribution in [2.24, 2.45) is 0 Å². The molecule has 4 aromatic heterocycles. The van der Waals surface area contributed by atoms with Gasteiger partial charge in [-0.2, -0.15) is 4.98 Å². The number of hydrogen-bond donors (Lipinski definition) is 0. The average molecular weight is 747 g/mol. The van der Waals surface area contributed by atoms with E-state index in [-0.39, 0.29) is 17.3 Å². The minimum atomic E-state index is -0.0000722. The van der Waals surface area contributed by atoms with E-state index in [0.717, 1.165) is 61.4 Å². The van der Waals surface area contributed by atoms with Crippen molar-refractivity contribution in [2.45, 2.75) is 65.7 Å². The second kappa shape index (κ2) is 14.2. The van der Waals surface area contributed by atoms with Crippen LogP contribution in [0.15, 0.2) is 144 Å². The molecule has 6 heteroatoms. The summed E-state index contributed by atoms with van der Waals surface area (Å²) in [6.07, 6.45) is 0. The summed E-state index contributed by atoms with van der Waals surface area (Å²) in [5.41, 5.74) is 12.1. The topological polar surface area (TPSA) is 66.0 Å². The fraction of sp³-hybridized carbons (Fsp3) is 0.196. The number of fused-ring (bicyclic) bond motifs is 4. The Kier molecular flexibility index (Phi) is 9.00. The highest BCUT2D eigenvalue weighted by Crippen LogP contribution is 2.42. The molecule has 57 heavy (non-hydrogen) atoms. The number of para-hydroxylation sites is 2. The van der Waals surface area contributed by atoms with E-state index in [4.69, 9.17) is 24.1 Å². The largest absolute Gasteiger partial charge is 0.439 e. The summed E-state index contributed by atoms with van der Waals surface area (Å²) in [4.78, 5) is 15.7. The van der Waals surface area contributed by atoms with Gasteiger partial charge in [0.2, 0.25) is 11.8 Å². The van der Waals surface area contributed by atoms with Crippen LogP contribution in [0.1, 0.15) is 77.0 Å². The highest BCUT2D eigenvalue weighted by Gasteiger charge is 2.24. The first-order valence-electron chi connectivity index (χ1n) is 19.8. The summed E-state index contributed by atoms with van der Waals surface area (Å²) >= 11 is 0. The maximum atomic E-state index is 6.68. The number of nitrogens with zero attached hydrogens (tertiary/aromatic N) is 4. The molecular weight excluding hydrogens is 701 g/mol. The fourth-order valence-corrected chi connectivity index (χ4v) is 7.86. The third-order valence-electron chi connectivity index (χ3n) is 10.8. The van der Waals surface area contributed by atoms with Gasteiger partial charge in [0, 0.05) is 28.0 Å². The number of oxazole rings is 1. The zero-order chi connectivity index (χ0) is 39.4. The van der Waals surface area contributed by atoms with E-state index in [9.17, 15) is 0 Å². The second-order valence-corrected chi connectivity index (χ2v) is 16.5. The molecule has 0 saturated carbocycles. The Morgan fingerprint density at radius 1 is 0.614 bits per heavy atom. The van der Waals surface area contributed by atoms with Crippen molar-refractivity contribution < 1.29 is 9.15 Å². The lowest BCUT2D eigenvalue weighted by atomic mass is 9.85. The van der Waals surface area contributed by atoms with Crippen LogP contribution in [0, 0.1) is 0 Å². The lowest BCUT2D eigenvalue weighted by molar-refractivity contribution is 0.461. The standard InChI is InChI=1S/C51H46N4O2/c1-31(2)40-28-34(33-16-9-8-10-17-33)29-41(32(3)4)47(40)50-54-48-39(21-14-24-44(48)57-50)42-22-15-25-45(52-42)55-43-23-12-11-20-37(43)38-26-27-46(53-49(38)55)56-36-19-13-18-35(30-36)51(5,6)7/h8-32H,1-7H3. The summed E-state index contributed by atoms with van der Waals surface area (Å²) in [6.45, 7) is 15.6. The summed E-state index contributed by atoms with van der Waals surface area (Å²) in [7, 11) is 0. The predicted octanol–water partition coefficient (Wildman–Crippen LogP) is 14.1. The Morgan fingerprint density at radius 3 is 2.09 bits per heavy atom. The van der Waals surface area contributed by atoms with E-state index in [0.29, 0.717) is 11.8 Å². The van der Waals surface area contributed by atoms with Gasteiger partial charge in [-0.15, -0.1) is 0 Å². The molecule has 9 aromatic rings. The quantitative estimate of drug-likeness (QED) is 0.155. The smallest absolute Gasteiger partial charge is 0.227 e. The Hall–Kier alpha value is -6.53. The third kappa shape index (κ3) is 6.65. The minimum absolute atomic E-state index is 0.0000722. The van der Waals surface area contributed by atoms with E-state index in [1.807, 2.05) is 48.5 Å². The second-order valence-electron chi connectivity index (χ2n) is 16.5. The van der Waals surface area contributed by atoms with E-state index in [1.165, 1.54) is 27.8 Å². The number of hydrogen-bond acceptors (Lipinski definition) is 5. The van der Waals surface area contributed by atoms with Gasteiger partial charge in [0.15, 0.2) is 11.2 Å². The van der Waals surface area contributed by atoms with Crippen LogP contribution in [-0.4, -0.2) is 19.5 Å². The van der Waals surface area contributed by atoms with Crippen LogP contribution in [0.2, 0.25) is 0 Å². The highest BCUT2D eigenvalue weighted by molar-refractivity contribution is 6.08. The summed E-state index contributed by atoms with van der Waals surface area (Å²) in [5, 5.41) is 2.12. The maximum absolute atomic E-state index is 6.68. The molecule has 6 nitrogen and oxygen atoms in total. The number of aromatic nitrogens is 4. The third-order valence-corrected chi connectivity index (χ3v) is 10.8. The highest BCUT2D eigenvalue weighted by atomic mass is 16.5. The van der Waals surface area contributed by atoms with Crippen molar-refractivity contribution in [2.75, 3.05) is 0 Å². The Morgan fingerprint density at radius 2 is 1.33 bits per heavy atom. The van der Waals surface area contributed by atoms with Gasteiger partial charge < -0.3 is 9.15 Å². The molecule has 0 radical (unpaired) electrons. The summed E-state index contributed by atoms with van der Waals surface area (Å²) < 4.78 is 15.2. The first-order valence-corrected chi connectivity index (χ1v) is 19.8. The Balaban J connectivity index is 1.16. The summed E-state index contributed by atoms with van der Waals surface area (Å²) in [6, 6.07) is 48.1. The van der Waals surface area contributed by atoms with Crippen LogP contribution in [0.25, 0.3) is 72.7 Å². The molecule has 0 spiro atoms. The molecule has 282 valence electrons. The van der Waals surface area contributed by atoms with E-state index >= 15 is 0 Å². The molecule has 0 aliphatic rings. The molecule has 4 heterocycles. The van der Waals surface area contributed by atoms with Gasteiger partial charge in [0.05, 0.1) is 11.2 Å². The molecule has 0 atom stereocenters. The van der Waals surface area contributed by atoms with Gasteiger partial charge in [-0.3, -0.25) is 4.57 Å². The van der Waals surface area contributed by atoms with Crippen LogP contribution < -0.4 is 4.74 Å². The number of benzene rings is 5. The summed E-state index contributed by atoms with van der Waals surface area (Å²) in [5.74, 6) is 3.17. The van der Waals surface area contributed by atoms with Gasteiger partial charge >= 0.3 is 0 Å². The molecule has 0 unspecified atom stereocenters. The van der Waals surface area contributed by atoms with Gasteiger partial charge in [-0.05, 0) is 87.5 Å². The number of rotatable bonds is 8. The van der Waals surface area contributed by atoms with Gasteiger partial charge in [-0.1, -0.05) is 139 Å². The van der Waals surface area contributed by atoms with Crippen LogP contribution in [0.5, 0.6) is 11.6 Å². The van der Waals surface area contributed by atoms with E-state index in [1.54, 1.807) is 0 Å². The SMILES string of the molecule is CC(C)c1cc(-c2ccccc2)cc(C(C)C)c1-c1nc2c(-c3cccc(-n4c5ccccc5c5ccc(Oc6cccc(C(C)(C)C)c6)nc54)n3)cccc2o1. The molecule has 0 bridgehead atoms. The average Bonchev–Trinajstić information content (AvgIpc) is 3.80. The first-order chi connectivity index (χ1) is 27.5.